The Bertz CT molecular complexity index is 481. The van der Waals surface area contributed by atoms with Gasteiger partial charge in [-0.25, -0.2) is 17.8 Å². The Morgan fingerprint density at radius 3 is 2.88 bits per heavy atom. The molecule has 0 spiro atoms. The molecule has 0 aliphatic carbocycles. The Labute approximate surface area is 98.7 Å². The van der Waals surface area contributed by atoms with E-state index in [0.717, 1.165) is 4.68 Å². The van der Waals surface area contributed by atoms with Gasteiger partial charge in [0.2, 0.25) is 10.0 Å². The summed E-state index contributed by atoms with van der Waals surface area (Å²) in [4.78, 5) is 10.4. The number of hydrogen-bond donors (Lipinski definition) is 2. The highest BCUT2D eigenvalue weighted by molar-refractivity contribution is 7.89. The fraction of sp³-hybridized carbons (Fsp3) is 0.625. The standard InChI is InChI=1S/C8H14N4O4S/c1-2-3-17(15,16)9-4-7-5-12(11-10-7)6-8(13)14/h5,9H,2-4,6H2,1H3,(H,13,14). The number of carboxylic acids is 1. The van der Waals surface area contributed by atoms with Gasteiger partial charge in [-0.3, -0.25) is 4.79 Å². The summed E-state index contributed by atoms with van der Waals surface area (Å²) in [6.07, 6.45) is 1.92. The van der Waals surface area contributed by atoms with Gasteiger partial charge < -0.3 is 5.11 Å². The Morgan fingerprint density at radius 2 is 2.29 bits per heavy atom. The normalized spacial score (nSPS) is 11.6. The summed E-state index contributed by atoms with van der Waals surface area (Å²) in [7, 11) is -3.29. The number of sulfonamides is 1. The number of rotatable bonds is 7. The first kappa shape index (κ1) is 13.6. The first-order valence-corrected chi connectivity index (χ1v) is 6.66. The molecule has 96 valence electrons. The number of aromatic nitrogens is 3. The van der Waals surface area contributed by atoms with E-state index in [9.17, 15) is 13.2 Å². The van der Waals surface area contributed by atoms with E-state index in [1.54, 1.807) is 6.92 Å². The van der Waals surface area contributed by atoms with Gasteiger partial charge in [-0.05, 0) is 6.42 Å². The lowest BCUT2D eigenvalue weighted by Gasteiger charge is -2.02. The van der Waals surface area contributed by atoms with Crippen LogP contribution in [0.5, 0.6) is 0 Å². The van der Waals surface area contributed by atoms with Gasteiger partial charge in [0.1, 0.15) is 6.54 Å². The molecule has 0 saturated carbocycles. The Balaban J connectivity index is 2.53. The molecule has 0 atom stereocenters. The second-order valence-electron chi connectivity index (χ2n) is 3.44. The molecule has 8 nitrogen and oxygen atoms in total. The highest BCUT2D eigenvalue weighted by Gasteiger charge is 2.10. The van der Waals surface area contributed by atoms with Crippen LogP contribution in [-0.4, -0.2) is 40.2 Å². The summed E-state index contributed by atoms with van der Waals surface area (Å²) in [6.45, 7) is 1.49. The second kappa shape index (κ2) is 5.73. The number of carbonyl (C=O) groups is 1. The van der Waals surface area contributed by atoms with E-state index in [2.05, 4.69) is 15.0 Å². The summed E-state index contributed by atoms with van der Waals surface area (Å²) in [5.41, 5.74) is 0.380. The molecule has 1 heterocycles. The van der Waals surface area contributed by atoms with Crippen LogP contribution in [-0.2, 0) is 27.9 Å². The summed E-state index contributed by atoms with van der Waals surface area (Å²) in [5, 5.41) is 15.7. The summed E-state index contributed by atoms with van der Waals surface area (Å²) < 4.78 is 26.1. The maximum absolute atomic E-state index is 11.3. The third-order valence-corrected chi connectivity index (χ3v) is 3.36. The first-order valence-electron chi connectivity index (χ1n) is 5.01. The van der Waals surface area contributed by atoms with Gasteiger partial charge in [-0.1, -0.05) is 12.1 Å². The van der Waals surface area contributed by atoms with Crippen molar-refractivity contribution in [3.05, 3.63) is 11.9 Å². The van der Waals surface area contributed by atoms with Gasteiger partial charge in [0.15, 0.2) is 0 Å². The predicted molar refractivity (Wildman–Crippen MR) is 58.6 cm³/mol. The predicted octanol–water partition coefficient (Wildman–Crippen LogP) is -0.808. The zero-order valence-corrected chi connectivity index (χ0v) is 10.1. The van der Waals surface area contributed by atoms with Crippen LogP contribution in [0.2, 0.25) is 0 Å². The lowest BCUT2D eigenvalue weighted by molar-refractivity contribution is -0.137. The largest absolute Gasteiger partial charge is 0.480 e. The minimum absolute atomic E-state index is 0.0158. The quantitative estimate of drug-likeness (QED) is 0.664. The van der Waals surface area contributed by atoms with Crippen LogP contribution >= 0.6 is 0 Å². The van der Waals surface area contributed by atoms with E-state index < -0.39 is 16.0 Å². The van der Waals surface area contributed by atoms with E-state index in [0.29, 0.717) is 12.1 Å². The fourth-order valence-corrected chi connectivity index (χ4v) is 2.21. The molecule has 9 heteroatoms. The van der Waals surface area contributed by atoms with E-state index in [4.69, 9.17) is 5.11 Å². The Kier molecular flexibility index (Phi) is 4.58. The van der Waals surface area contributed by atoms with Gasteiger partial charge >= 0.3 is 5.97 Å². The van der Waals surface area contributed by atoms with Crippen LogP contribution in [0, 0.1) is 0 Å². The average molecular weight is 262 g/mol. The van der Waals surface area contributed by atoms with Crippen molar-refractivity contribution in [2.24, 2.45) is 0 Å². The van der Waals surface area contributed by atoms with Crippen LogP contribution in [0.3, 0.4) is 0 Å². The zero-order valence-electron chi connectivity index (χ0n) is 9.33. The van der Waals surface area contributed by atoms with Crippen LogP contribution in [0.25, 0.3) is 0 Å². The summed E-state index contributed by atoms with van der Waals surface area (Å²) in [6, 6.07) is 0. The molecule has 0 aliphatic heterocycles. The van der Waals surface area contributed by atoms with Crippen molar-refractivity contribution in [1.29, 1.82) is 0 Å². The molecule has 17 heavy (non-hydrogen) atoms. The lowest BCUT2D eigenvalue weighted by atomic mass is 10.5. The molecule has 0 unspecified atom stereocenters. The Morgan fingerprint density at radius 1 is 1.59 bits per heavy atom. The van der Waals surface area contributed by atoms with Gasteiger partial charge in [0, 0.05) is 0 Å². The first-order chi connectivity index (χ1) is 7.93. The van der Waals surface area contributed by atoms with Crippen molar-refractivity contribution in [1.82, 2.24) is 19.7 Å². The molecule has 2 N–H and O–H groups in total. The van der Waals surface area contributed by atoms with E-state index in [-0.39, 0.29) is 18.8 Å². The molecule has 0 aliphatic rings. The van der Waals surface area contributed by atoms with Crippen molar-refractivity contribution in [2.45, 2.75) is 26.4 Å². The third kappa shape index (κ3) is 4.91. The summed E-state index contributed by atoms with van der Waals surface area (Å²) in [5.74, 6) is -0.982. The van der Waals surface area contributed by atoms with E-state index >= 15 is 0 Å². The van der Waals surface area contributed by atoms with Gasteiger partial charge in [0.25, 0.3) is 0 Å². The van der Waals surface area contributed by atoms with Crippen molar-refractivity contribution in [3.63, 3.8) is 0 Å². The molecule has 0 saturated heterocycles. The Hall–Kier alpha value is -1.48. The minimum Gasteiger partial charge on any atom is -0.480 e. The zero-order chi connectivity index (χ0) is 12.9. The van der Waals surface area contributed by atoms with Crippen molar-refractivity contribution in [2.75, 3.05) is 5.75 Å². The topological polar surface area (TPSA) is 114 Å². The minimum atomic E-state index is -3.29. The molecule has 1 aromatic rings. The molecule has 1 rings (SSSR count). The van der Waals surface area contributed by atoms with Gasteiger partial charge in [-0.2, -0.15) is 0 Å². The number of nitrogens with one attached hydrogen (secondary N) is 1. The molecule has 1 aromatic heterocycles. The lowest BCUT2D eigenvalue weighted by Crippen LogP contribution is -2.25. The van der Waals surface area contributed by atoms with Crippen LogP contribution in [0.15, 0.2) is 6.20 Å². The second-order valence-corrected chi connectivity index (χ2v) is 5.37. The number of carboxylic acid groups (broad SMARTS) is 1. The maximum Gasteiger partial charge on any atom is 0.325 e. The fourth-order valence-electron chi connectivity index (χ4n) is 1.16. The number of nitrogens with zero attached hydrogens (tertiary/aromatic N) is 3. The highest BCUT2D eigenvalue weighted by atomic mass is 32.2. The molecular weight excluding hydrogens is 248 g/mol. The molecule has 0 bridgehead atoms. The molecule has 0 radical (unpaired) electrons. The number of aliphatic carboxylic acids is 1. The van der Waals surface area contributed by atoms with Crippen LogP contribution < -0.4 is 4.72 Å². The average Bonchev–Trinajstić information content (AvgIpc) is 2.62. The van der Waals surface area contributed by atoms with Gasteiger partial charge in [0.05, 0.1) is 24.2 Å². The molecule has 0 aromatic carbocycles. The third-order valence-electron chi connectivity index (χ3n) is 1.83. The van der Waals surface area contributed by atoms with Crippen LogP contribution in [0.1, 0.15) is 19.0 Å². The maximum atomic E-state index is 11.3. The van der Waals surface area contributed by atoms with Crippen molar-refractivity contribution in [3.8, 4) is 0 Å². The molecule has 0 amide bonds. The van der Waals surface area contributed by atoms with E-state index in [1.807, 2.05) is 0 Å². The monoisotopic (exact) mass is 262 g/mol. The van der Waals surface area contributed by atoms with Gasteiger partial charge in [-0.15, -0.1) is 5.10 Å². The smallest absolute Gasteiger partial charge is 0.325 e. The SMILES string of the molecule is CCCS(=O)(=O)NCc1cn(CC(=O)O)nn1. The molecule has 0 fully saturated rings. The highest BCUT2D eigenvalue weighted by Crippen LogP contribution is 1.95. The van der Waals surface area contributed by atoms with E-state index in [1.165, 1.54) is 6.20 Å². The van der Waals surface area contributed by atoms with Crippen LogP contribution in [0.4, 0.5) is 0 Å². The molecular formula is C8H14N4O4S. The van der Waals surface area contributed by atoms with Crippen molar-refractivity contribution < 1.29 is 18.3 Å². The summed E-state index contributed by atoms with van der Waals surface area (Å²) >= 11 is 0. The van der Waals surface area contributed by atoms with Crippen molar-refractivity contribution >= 4 is 16.0 Å². The number of hydrogen-bond acceptors (Lipinski definition) is 5.